The van der Waals surface area contributed by atoms with Gasteiger partial charge in [-0.15, -0.1) is 0 Å². The summed E-state index contributed by atoms with van der Waals surface area (Å²) in [7, 11) is 0. The van der Waals surface area contributed by atoms with Gasteiger partial charge in [-0.25, -0.2) is 9.79 Å². The third-order valence-electron chi connectivity index (χ3n) is 2.88. The van der Waals surface area contributed by atoms with Gasteiger partial charge in [0.05, 0.1) is 6.54 Å². The van der Waals surface area contributed by atoms with Crippen molar-refractivity contribution >= 4 is 6.08 Å². The lowest BCUT2D eigenvalue weighted by Crippen LogP contribution is -1.97. The van der Waals surface area contributed by atoms with Crippen LogP contribution in [0.2, 0.25) is 0 Å². The largest absolute Gasteiger partial charge is 0.234 e. The van der Waals surface area contributed by atoms with Gasteiger partial charge in [0.2, 0.25) is 6.08 Å². The van der Waals surface area contributed by atoms with E-state index in [-0.39, 0.29) is 0 Å². The molecule has 1 unspecified atom stereocenters. The fourth-order valence-electron chi connectivity index (χ4n) is 2.14. The summed E-state index contributed by atoms with van der Waals surface area (Å²) in [5.41, 5.74) is 4.08. The van der Waals surface area contributed by atoms with Crippen molar-refractivity contribution in [3.63, 3.8) is 0 Å². The first-order valence-electron chi connectivity index (χ1n) is 4.94. The van der Waals surface area contributed by atoms with E-state index in [4.69, 9.17) is 0 Å². The van der Waals surface area contributed by atoms with Crippen LogP contribution in [0.5, 0.6) is 0 Å². The molecule has 0 fully saturated rings. The molecule has 1 aliphatic rings. The second-order valence-corrected chi connectivity index (χ2v) is 3.87. The van der Waals surface area contributed by atoms with Crippen molar-refractivity contribution in [3.05, 3.63) is 34.9 Å². The van der Waals surface area contributed by atoms with E-state index in [1.165, 1.54) is 16.7 Å². The van der Waals surface area contributed by atoms with Crippen molar-refractivity contribution in [3.8, 4) is 0 Å². The maximum atomic E-state index is 10.0. The van der Waals surface area contributed by atoms with Gasteiger partial charge in [-0.3, -0.25) is 0 Å². The second-order valence-electron chi connectivity index (χ2n) is 3.87. The lowest BCUT2D eigenvalue weighted by atomic mass is 10.00. The SMILES string of the molecule is Cc1ccc2c(c1)C(CN=C=O)CC2. The minimum absolute atomic E-state index is 0.436. The van der Waals surface area contributed by atoms with E-state index < -0.39 is 0 Å². The molecule has 2 rings (SSSR count). The van der Waals surface area contributed by atoms with Crippen molar-refractivity contribution in [2.24, 2.45) is 4.99 Å². The zero-order chi connectivity index (χ0) is 9.97. The van der Waals surface area contributed by atoms with Gasteiger partial charge in [-0.05, 0) is 30.9 Å². The molecule has 1 atom stereocenters. The van der Waals surface area contributed by atoms with Gasteiger partial charge < -0.3 is 0 Å². The van der Waals surface area contributed by atoms with E-state index in [9.17, 15) is 4.79 Å². The van der Waals surface area contributed by atoms with Crippen molar-refractivity contribution in [2.75, 3.05) is 6.54 Å². The number of carbonyl (C=O) groups excluding carboxylic acids is 1. The average molecular weight is 187 g/mol. The van der Waals surface area contributed by atoms with Crippen LogP contribution in [0.4, 0.5) is 0 Å². The molecule has 0 N–H and O–H groups in total. The molecule has 0 spiro atoms. The average Bonchev–Trinajstić information content (AvgIpc) is 2.57. The fourth-order valence-corrected chi connectivity index (χ4v) is 2.14. The number of aryl methyl sites for hydroxylation is 2. The number of fused-ring (bicyclic) bond motifs is 1. The molecule has 0 saturated carbocycles. The molecule has 0 aromatic heterocycles. The Labute approximate surface area is 83.7 Å². The fraction of sp³-hybridized carbons (Fsp3) is 0.417. The van der Waals surface area contributed by atoms with Gasteiger partial charge in [0.25, 0.3) is 0 Å². The van der Waals surface area contributed by atoms with Gasteiger partial charge in [0.15, 0.2) is 0 Å². The summed E-state index contributed by atoms with van der Waals surface area (Å²) in [4.78, 5) is 13.7. The van der Waals surface area contributed by atoms with Crippen LogP contribution >= 0.6 is 0 Å². The van der Waals surface area contributed by atoms with Gasteiger partial charge >= 0.3 is 0 Å². The normalized spacial score (nSPS) is 18.8. The van der Waals surface area contributed by atoms with E-state index in [2.05, 4.69) is 30.1 Å². The predicted molar refractivity (Wildman–Crippen MR) is 55.2 cm³/mol. The van der Waals surface area contributed by atoms with Crippen molar-refractivity contribution in [1.82, 2.24) is 0 Å². The van der Waals surface area contributed by atoms with E-state index >= 15 is 0 Å². The van der Waals surface area contributed by atoms with E-state index in [0.29, 0.717) is 12.5 Å². The van der Waals surface area contributed by atoms with Gasteiger partial charge in [-0.2, -0.15) is 0 Å². The summed E-state index contributed by atoms with van der Waals surface area (Å²) >= 11 is 0. The number of nitrogens with zero attached hydrogens (tertiary/aromatic N) is 1. The van der Waals surface area contributed by atoms with Crippen molar-refractivity contribution in [2.45, 2.75) is 25.7 Å². The Hall–Kier alpha value is -1.40. The van der Waals surface area contributed by atoms with E-state index in [1.54, 1.807) is 6.08 Å². The number of isocyanates is 1. The van der Waals surface area contributed by atoms with Crippen molar-refractivity contribution in [1.29, 1.82) is 0 Å². The first kappa shape index (κ1) is 9.17. The monoisotopic (exact) mass is 187 g/mol. The molecule has 1 aromatic rings. The van der Waals surface area contributed by atoms with Crippen LogP contribution in [-0.2, 0) is 11.2 Å². The molecule has 1 aliphatic carbocycles. The lowest BCUT2D eigenvalue weighted by Gasteiger charge is -2.07. The third-order valence-corrected chi connectivity index (χ3v) is 2.88. The molecule has 0 heterocycles. The first-order valence-corrected chi connectivity index (χ1v) is 4.94. The summed E-state index contributed by atoms with van der Waals surface area (Å²) in [6, 6.07) is 6.55. The van der Waals surface area contributed by atoms with Gasteiger partial charge in [-0.1, -0.05) is 23.8 Å². The highest BCUT2D eigenvalue weighted by atomic mass is 16.1. The van der Waals surface area contributed by atoms with Crippen LogP contribution in [0, 0.1) is 6.92 Å². The summed E-state index contributed by atoms with van der Waals surface area (Å²) in [5, 5.41) is 0. The number of aliphatic imine (C=N–C) groups is 1. The molecule has 0 radical (unpaired) electrons. The minimum atomic E-state index is 0.436. The lowest BCUT2D eigenvalue weighted by molar-refractivity contribution is 0.560. The quantitative estimate of drug-likeness (QED) is 0.516. The van der Waals surface area contributed by atoms with Gasteiger partial charge in [0, 0.05) is 5.92 Å². The van der Waals surface area contributed by atoms with Crippen LogP contribution in [0.3, 0.4) is 0 Å². The number of benzene rings is 1. The molecule has 14 heavy (non-hydrogen) atoms. The molecule has 1 aromatic carbocycles. The smallest absolute Gasteiger partial charge is 0.211 e. The van der Waals surface area contributed by atoms with Crippen LogP contribution in [0.1, 0.15) is 29.0 Å². The molecule has 0 saturated heterocycles. The topological polar surface area (TPSA) is 29.4 Å². The number of hydrogen-bond acceptors (Lipinski definition) is 2. The predicted octanol–water partition coefficient (Wildman–Crippen LogP) is 2.36. The zero-order valence-corrected chi connectivity index (χ0v) is 8.29. The highest BCUT2D eigenvalue weighted by molar-refractivity contribution is 5.39. The van der Waals surface area contributed by atoms with Crippen molar-refractivity contribution < 1.29 is 4.79 Å². The Bertz CT molecular complexity index is 391. The number of hydrogen-bond donors (Lipinski definition) is 0. The van der Waals surface area contributed by atoms with Crippen LogP contribution < -0.4 is 0 Å². The maximum Gasteiger partial charge on any atom is 0.234 e. The Morgan fingerprint density at radius 1 is 1.57 bits per heavy atom. The molecule has 2 nitrogen and oxygen atoms in total. The zero-order valence-electron chi connectivity index (χ0n) is 8.29. The highest BCUT2D eigenvalue weighted by Gasteiger charge is 2.21. The highest BCUT2D eigenvalue weighted by Crippen LogP contribution is 2.33. The third kappa shape index (κ3) is 1.61. The molecule has 0 amide bonds. The number of rotatable bonds is 2. The van der Waals surface area contributed by atoms with Crippen LogP contribution in [-0.4, -0.2) is 12.6 Å². The molecule has 72 valence electrons. The Balaban J connectivity index is 2.28. The first-order chi connectivity index (χ1) is 6.81. The molecular formula is C12H13NO. The minimum Gasteiger partial charge on any atom is -0.211 e. The molecular weight excluding hydrogens is 174 g/mol. The Morgan fingerprint density at radius 3 is 3.21 bits per heavy atom. The van der Waals surface area contributed by atoms with Gasteiger partial charge in [0.1, 0.15) is 0 Å². The summed E-state index contributed by atoms with van der Waals surface area (Å²) in [5.74, 6) is 0.436. The van der Waals surface area contributed by atoms with E-state index in [1.807, 2.05) is 0 Å². The maximum absolute atomic E-state index is 10.0. The summed E-state index contributed by atoms with van der Waals surface area (Å²) < 4.78 is 0. The Morgan fingerprint density at radius 2 is 2.43 bits per heavy atom. The Kier molecular flexibility index (Phi) is 2.47. The molecule has 2 heteroatoms. The molecule has 0 bridgehead atoms. The second kappa shape index (κ2) is 3.77. The van der Waals surface area contributed by atoms with Crippen LogP contribution in [0.15, 0.2) is 23.2 Å². The van der Waals surface area contributed by atoms with E-state index in [0.717, 1.165) is 12.8 Å². The van der Waals surface area contributed by atoms with Crippen LogP contribution in [0.25, 0.3) is 0 Å². The summed E-state index contributed by atoms with van der Waals surface area (Å²) in [6.45, 7) is 2.69. The summed E-state index contributed by atoms with van der Waals surface area (Å²) in [6.07, 6.45) is 3.85. The molecule has 0 aliphatic heterocycles. The standard InChI is InChI=1S/C12H13NO/c1-9-2-3-10-4-5-11(7-13-8-14)12(10)6-9/h2-3,6,11H,4-5,7H2,1H3.